The second-order valence-corrected chi connectivity index (χ2v) is 4.96. The molecule has 1 amide bonds. The fourth-order valence-electron chi connectivity index (χ4n) is 1.82. The second-order valence-electron chi connectivity index (χ2n) is 4.24. The summed E-state index contributed by atoms with van der Waals surface area (Å²) in [5, 5.41) is 11.5. The highest BCUT2D eigenvalue weighted by atomic mass is 79.9. The molecule has 0 atom stereocenters. The minimum Gasteiger partial charge on any atom is -0.457 e. The maximum Gasteiger partial charge on any atom is 0.262 e. The van der Waals surface area contributed by atoms with Crippen molar-refractivity contribution in [2.45, 2.75) is 6.42 Å². The van der Waals surface area contributed by atoms with E-state index in [-0.39, 0.29) is 24.7 Å². The number of carbonyl (C=O) groups is 1. The molecule has 0 spiro atoms. The normalized spacial score (nSPS) is 11.4. The fraction of sp³-hybridized carbons (Fsp3) is 0.143. The highest BCUT2D eigenvalue weighted by molar-refractivity contribution is 9.10. The third kappa shape index (κ3) is 3.63. The molecule has 110 valence electrons. The molecule has 1 heterocycles. The summed E-state index contributed by atoms with van der Waals surface area (Å²) in [6.45, 7) is 0.288. The molecule has 1 aromatic heterocycles. The van der Waals surface area contributed by atoms with Gasteiger partial charge in [0.25, 0.3) is 5.91 Å². The molecule has 0 aliphatic carbocycles. The van der Waals surface area contributed by atoms with Gasteiger partial charge in [-0.05, 0) is 34.1 Å². The topological polar surface area (TPSA) is 92.1 Å². The number of anilines is 1. The van der Waals surface area contributed by atoms with E-state index in [2.05, 4.69) is 21.1 Å². The van der Waals surface area contributed by atoms with Crippen molar-refractivity contribution in [3.05, 3.63) is 52.9 Å². The van der Waals surface area contributed by atoms with Crippen LogP contribution in [0.3, 0.4) is 0 Å². The summed E-state index contributed by atoms with van der Waals surface area (Å²) in [7, 11) is 0. The van der Waals surface area contributed by atoms with E-state index in [4.69, 9.17) is 15.4 Å². The van der Waals surface area contributed by atoms with Crippen LogP contribution in [-0.2, 0) is 0 Å². The molecule has 3 N–H and O–H groups in total. The van der Waals surface area contributed by atoms with Crippen molar-refractivity contribution in [1.82, 2.24) is 0 Å². The Hall–Kier alpha value is -2.28. The zero-order valence-electron chi connectivity index (χ0n) is 11.1. The summed E-state index contributed by atoms with van der Waals surface area (Å²) >= 11 is 3.20. The molecule has 21 heavy (non-hydrogen) atoms. The smallest absolute Gasteiger partial charge is 0.262 e. The molecule has 0 radical (unpaired) electrons. The van der Waals surface area contributed by atoms with Crippen LogP contribution >= 0.6 is 15.9 Å². The van der Waals surface area contributed by atoms with Crippen molar-refractivity contribution >= 4 is 33.4 Å². The van der Waals surface area contributed by atoms with Gasteiger partial charge in [0.15, 0.2) is 4.67 Å². The van der Waals surface area contributed by atoms with Gasteiger partial charge < -0.3 is 20.3 Å². The molecule has 2 aromatic rings. The summed E-state index contributed by atoms with van der Waals surface area (Å²) in [6, 6.07) is 10.8. The maximum absolute atomic E-state index is 12.6. The summed E-state index contributed by atoms with van der Waals surface area (Å²) in [6.07, 6.45) is 1.69. The first-order valence-corrected chi connectivity index (χ1v) is 6.99. The van der Waals surface area contributed by atoms with Crippen molar-refractivity contribution in [1.29, 1.82) is 0 Å². The molecule has 0 saturated carbocycles. The molecule has 0 fully saturated rings. The van der Waals surface area contributed by atoms with Gasteiger partial charge in [-0.2, -0.15) is 0 Å². The second kappa shape index (κ2) is 6.94. The van der Waals surface area contributed by atoms with E-state index < -0.39 is 0 Å². The number of hydrogen-bond acceptors (Lipinski definition) is 4. The van der Waals surface area contributed by atoms with E-state index >= 15 is 0 Å². The number of halogens is 1. The number of furan rings is 1. The number of benzene rings is 1. The Morgan fingerprint density at radius 2 is 2.05 bits per heavy atom. The van der Waals surface area contributed by atoms with Gasteiger partial charge in [0.2, 0.25) is 0 Å². The van der Waals surface area contributed by atoms with Crippen LogP contribution in [0.15, 0.2) is 56.9 Å². The molecule has 0 aliphatic heterocycles. The predicted octanol–water partition coefficient (Wildman–Crippen LogP) is 2.83. The molecule has 0 aliphatic rings. The largest absolute Gasteiger partial charge is 0.457 e. The van der Waals surface area contributed by atoms with Crippen molar-refractivity contribution in [2.24, 2.45) is 10.9 Å². The van der Waals surface area contributed by atoms with Crippen LogP contribution in [0.5, 0.6) is 0 Å². The number of para-hydroxylation sites is 1. The first-order chi connectivity index (χ1) is 10.1. The third-order valence-corrected chi connectivity index (χ3v) is 3.50. The lowest BCUT2D eigenvalue weighted by Crippen LogP contribution is -2.34. The SMILES string of the molecule is N/C(CCN(C(=O)c1ccoc1Br)c1ccccc1)=N/O. The van der Waals surface area contributed by atoms with E-state index in [1.54, 1.807) is 11.0 Å². The Bertz CT molecular complexity index is 640. The average molecular weight is 352 g/mol. The first-order valence-electron chi connectivity index (χ1n) is 6.19. The van der Waals surface area contributed by atoms with Gasteiger partial charge in [-0.3, -0.25) is 4.79 Å². The predicted molar refractivity (Wildman–Crippen MR) is 82.6 cm³/mol. The number of carbonyl (C=O) groups excluding carboxylic acids is 1. The van der Waals surface area contributed by atoms with Crippen LogP contribution in [0, 0.1) is 0 Å². The number of amidine groups is 1. The average Bonchev–Trinajstić information content (AvgIpc) is 2.94. The number of oxime groups is 1. The van der Waals surface area contributed by atoms with E-state index in [0.717, 1.165) is 5.69 Å². The van der Waals surface area contributed by atoms with Gasteiger partial charge in [0.05, 0.1) is 11.8 Å². The standard InChI is InChI=1S/C14H14BrN3O3/c15-13-11(7-9-21-13)14(19)18(8-6-12(16)17-20)10-4-2-1-3-5-10/h1-5,7,9,20H,6,8H2,(H2,16,17). The lowest BCUT2D eigenvalue weighted by molar-refractivity contribution is 0.0986. The minimum atomic E-state index is -0.229. The molecule has 1 aromatic carbocycles. The van der Waals surface area contributed by atoms with Crippen molar-refractivity contribution in [2.75, 3.05) is 11.4 Å². The molecule has 0 unspecified atom stereocenters. The lowest BCUT2D eigenvalue weighted by atomic mass is 10.2. The van der Waals surface area contributed by atoms with E-state index in [1.165, 1.54) is 6.26 Å². The van der Waals surface area contributed by atoms with Crippen molar-refractivity contribution in [3.63, 3.8) is 0 Å². The van der Waals surface area contributed by atoms with Crippen LogP contribution in [0.25, 0.3) is 0 Å². The summed E-state index contributed by atoms with van der Waals surface area (Å²) in [4.78, 5) is 14.2. The highest BCUT2D eigenvalue weighted by Crippen LogP contribution is 2.23. The van der Waals surface area contributed by atoms with Crippen LogP contribution in [0.4, 0.5) is 5.69 Å². The Balaban J connectivity index is 2.28. The Morgan fingerprint density at radius 1 is 1.33 bits per heavy atom. The van der Waals surface area contributed by atoms with Crippen LogP contribution in [-0.4, -0.2) is 23.5 Å². The summed E-state index contributed by atoms with van der Waals surface area (Å²) in [5.41, 5.74) is 6.62. The van der Waals surface area contributed by atoms with Crippen LogP contribution in [0.2, 0.25) is 0 Å². The first kappa shape index (κ1) is 15.1. The van der Waals surface area contributed by atoms with E-state index in [0.29, 0.717) is 10.2 Å². The van der Waals surface area contributed by atoms with Gasteiger partial charge in [0, 0.05) is 18.7 Å². The number of hydrogen-bond donors (Lipinski definition) is 2. The summed E-state index contributed by atoms with van der Waals surface area (Å²) in [5.74, 6) is -0.164. The molecule has 6 nitrogen and oxygen atoms in total. The van der Waals surface area contributed by atoms with Gasteiger partial charge in [-0.25, -0.2) is 0 Å². The van der Waals surface area contributed by atoms with Gasteiger partial charge >= 0.3 is 0 Å². The third-order valence-electron chi connectivity index (χ3n) is 2.88. The summed E-state index contributed by atoms with van der Waals surface area (Å²) < 4.78 is 5.47. The van der Waals surface area contributed by atoms with Gasteiger partial charge in [-0.15, -0.1) is 0 Å². The molecular formula is C14H14BrN3O3. The molecular weight excluding hydrogens is 338 g/mol. The number of amides is 1. The fourth-order valence-corrected chi connectivity index (χ4v) is 2.23. The van der Waals surface area contributed by atoms with Crippen molar-refractivity contribution in [3.8, 4) is 0 Å². The molecule has 0 bridgehead atoms. The van der Waals surface area contributed by atoms with Crippen LogP contribution in [0.1, 0.15) is 16.8 Å². The minimum absolute atomic E-state index is 0.0648. The quantitative estimate of drug-likeness (QED) is 0.375. The lowest BCUT2D eigenvalue weighted by Gasteiger charge is -2.22. The van der Waals surface area contributed by atoms with E-state index in [1.807, 2.05) is 30.3 Å². The zero-order chi connectivity index (χ0) is 15.2. The van der Waals surface area contributed by atoms with E-state index in [9.17, 15) is 4.79 Å². The number of nitrogens with zero attached hydrogens (tertiary/aromatic N) is 2. The molecule has 7 heteroatoms. The van der Waals surface area contributed by atoms with Crippen LogP contribution < -0.4 is 10.6 Å². The van der Waals surface area contributed by atoms with Gasteiger partial charge in [-0.1, -0.05) is 23.4 Å². The Kier molecular flexibility index (Phi) is 4.99. The van der Waals surface area contributed by atoms with Crippen molar-refractivity contribution < 1.29 is 14.4 Å². The zero-order valence-corrected chi connectivity index (χ0v) is 12.7. The highest BCUT2D eigenvalue weighted by Gasteiger charge is 2.21. The monoisotopic (exact) mass is 351 g/mol. The maximum atomic E-state index is 12.6. The Labute approximate surface area is 130 Å². The van der Waals surface area contributed by atoms with Gasteiger partial charge in [0.1, 0.15) is 5.84 Å². The number of nitrogens with two attached hydrogens (primary N) is 1. The molecule has 0 saturated heterocycles. The molecule has 2 rings (SSSR count). The Morgan fingerprint density at radius 3 is 2.62 bits per heavy atom. The number of rotatable bonds is 5.